The van der Waals surface area contributed by atoms with Crippen LogP contribution in [0, 0.1) is 0 Å². The molecule has 11 heteroatoms. The average Bonchev–Trinajstić information content (AvgIpc) is 2.98. The lowest BCUT2D eigenvalue weighted by Gasteiger charge is -2.40. The molecule has 4 rings (SSSR count). The molecule has 1 atom stereocenters. The average molecular weight is 468 g/mol. The number of carbonyl (C=O) groups is 1. The van der Waals surface area contributed by atoms with E-state index in [1.807, 2.05) is 0 Å². The monoisotopic (exact) mass is 468 g/mol. The first-order valence-corrected chi connectivity index (χ1v) is 11.2. The van der Waals surface area contributed by atoms with Gasteiger partial charge in [0, 0.05) is 19.4 Å². The van der Waals surface area contributed by atoms with Crippen LogP contribution in [0.4, 0.5) is 19.4 Å². The van der Waals surface area contributed by atoms with Crippen molar-refractivity contribution in [2.75, 3.05) is 7.05 Å². The Morgan fingerprint density at radius 3 is 2.09 bits per heavy atom. The molecule has 5 nitrogen and oxygen atoms in total. The molecule has 0 radical (unpaired) electrons. The molecule has 168 valence electrons. The van der Waals surface area contributed by atoms with E-state index in [-0.39, 0.29) is 23.7 Å². The minimum atomic E-state index is -9.88. The summed E-state index contributed by atoms with van der Waals surface area (Å²) in [7, 11) is -8.50. The summed E-state index contributed by atoms with van der Waals surface area (Å²) in [6.45, 7) is 0. The summed E-state index contributed by atoms with van der Waals surface area (Å²) >= 11 is 0. The molecule has 1 aliphatic heterocycles. The largest absolute Gasteiger partial charge is 0.369 e. The van der Waals surface area contributed by atoms with Gasteiger partial charge in [-0.1, -0.05) is 55.8 Å². The van der Waals surface area contributed by atoms with Crippen LogP contribution in [-0.4, -0.2) is 28.8 Å². The van der Waals surface area contributed by atoms with Gasteiger partial charge in [0.05, 0.1) is 0 Å². The molecule has 0 saturated carbocycles. The molecule has 2 N–H and O–H groups in total. The zero-order valence-electron chi connectivity index (χ0n) is 16.6. The van der Waals surface area contributed by atoms with Crippen LogP contribution in [0.25, 0.3) is 11.1 Å². The molecular formula is C21H17F5N4OS. The second-order valence-electron chi connectivity index (χ2n) is 7.36. The number of amides is 1. The highest BCUT2D eigenvalue weighted by Crippen LogP contribution is 3.02. The third-order valence-electron chi connectivity index (χ3n) is 5.23. The van der Waals surface area contributed by atoms with E-state index in [1.165, 1.54) is 7.05 Å². The van der Waals surface area contributed by atoms with Crippen molar-refractivity contribution in [1.29, 1.82) is 0 Å². The van der Waals surface area contributed by atoms with Crippen LogP contribution >= 0.6 is 10.2 Å². The molecule has 2 heterocycles. The van der Waals surface area contributed by atoms with Crippen LogP contribution in [0.2, 0.25) is 0 Å². The van der Waals surface area contributed by atoms with Crippen molar-refractivity contribution in [1.82, 2.24) is 9.88 Å². The van der Waals surface area contributed by atoms with Crippen LogP contribution in [-0.2, 0) is 10.3 Å². The van der Waals surface area contributed by atoms with Crippen molar-refractivity contribution in [2.45, 2.75) is 10.4 Å². The Labute approximate surface area is 180 Å². The Bertz CT molecular complexity index is 1250. The van der Waals surface area contributed by atoms with E-state index in [0.717, 1.165) is 22.6 Å². The van der Waals surface area contributed by atoms with Crippen molar-refractivity contribution in [2.24, 2.45) is 10.7 Å². The lowest BCUT2D eigenvalue weighted by Crippen LogP contribution is -2.41. The number of rotatable bonds is 4. The molecule has 2 aromatic carbocycles. The highest BCUT2D eigenvalue weighted by atomic mass is 32.5. The van der Waals surface area contributed by atoms with Gasteiger partial charge in [0.25, 0.3) is 5.91 Å². The number of guanidine groups is 1. The Balaban J connectivity index is 1.92. The number of nitrogens with zero attached hydrogens (tertiary/aromatic N) is 3. The van der Waals surface area contributed by atoms with Crippen molar-refractivity contribution in [3.05, 3.63) is 84.2 Å². The number of hydrogen-bond acceptors (Lipinski definition) is 4. The molecule has 0 aliphatic carbocycles. The smallest absolute Gasteiger partial charge is 0.310 e. The predicted octanol–water partition coefficient (Wildman–Crippen LogP) is 5.44. The first-order valence-electron chi connectivity index (χ1n) is 9.21. The fourth-order valence-corrected chi connectivity index (χ4v) is 4.25. The molecule has 0 fully saturated rings. The molecule has 32 heavy (non-hydrogen) atoms. The van der Waals surface area contributed by atoms with Gasteiger partial charge in [0.2, 0.25) is 0 Å². The minimum Gasteiger partial charge on any atom is -0.369 e. The van der Waals surface area contributed by atoms with Crippen molar-refractivity contribution < 1.29 is 24.2 Å². The fourth-order valence-electron chi connectivity index (χ4n) is 3.59. The molecule has 0 saturated heterocycles. The summed E-state index contributed by atoms with van der Waals surface area (Å²) in [4.78, 5) is 20.6. The van der Waals surface area contributed by atoms with Crippen LogP contribution < -0.4 is 5.73 Å². The van der Waals surface area contributed by atoms with Crippen LogP contribution in [0.3, 0.4) is 0 Å². The minimum absolute atomic E-state index is 0.0243. The van der Waals surface area contributed by atoms with E-state index >= 15 is 0 Å². The van der Waals surface area contributed by atoms with Crippen molar-refractivity contribution >= 4 is 22.1 Å². The van der Waals surface area contributed by atoms with Gasteiger partial charge in [-0.05, 0) is 46.5 Å². The number of carbonyl (C=O) groups excluding carboxylic acids is 1. The number of likely N-dealkylation sites (N-methyl/N-ethyl adjacent to an activating group) is 1. The molecule has 1 aromatic heterocycles. The van der Waals surface area contributed by atoms with E-state index in [0.29, 0.717) is 11.1 Å². The quantitative estimate of drug-likeness (QED) is 0.519. The SMILES string of the molecule is CN1C(=O)C(c2ccc(S(F)(F)(F)(F)F)cc2)(c2cccc(-c3cccnc3)c2)N=C1N. The Morgan fingerprint density at radius 2 is 1.56 bits per heavy atom. The highest BCUT2D eigenvalue weighted by Gasteiger charge is 2.65. The molecule has 3 aromatic rings. The highest BCUT2D eigenvalue weighted by molar-refractivity contribution is 8.45. The number of nitrogens with two attached hydrogens (primary N) is 1. The third-order valence-corrected chi connectivity index (χ3v) is 6.40. The van der Waals surface area contributed by atoms with E-state index in [4.69, 9.17) is 5.73 Å². The van der Waals surface area contributed by atoms with Gasteiger partial charge in [-0.15, -0.1) is 0 Å². The molecule has 0 spiro atoms. The van der Waals surface area contributed by atoms with E-state index < -0.39 is 26.6 Å². The standard InChI is InChI=1S/C21H17F5N4OS/c1-30-19(31)21(29-20(30)27,16-7-9-18(10-8-16)32(22,23,24,25)26)17-6-2-4-14(12-17)15-5-3-11-28-13-15/h2-13H,1H3,(H2,27,29). The normalized spacial score (nSPS) is 21.1. The predicted molar refractivity (Wildman–Crippen MR) is 113 cm³/mol. The maximum absolute atomic E-state index is 13.3. The van der Waals surface area contributed by atoms with Crippen LogP contribution in [0.5, 0.6) is 0 Å². The lowest BCUT2D eigenvalue weighted by atomic mass is 9.82. The van der Waals surface area contributed by atoms with Gasteiger partial charge in [-0.3, -0.25) is 14.7 Å². The fraction of sp³-hybridized carbons (Fsp3) is 0.0952. The van der Waals surface area contributed by atoms with Gasteiger partial charge < -0.3 is 5.73 Å². The topological polar surface area (TPSA) is 71.6 Å². The summed E-state index contributed by atoms with van der Waals surface area (Å²) in [5, 5.41) is 0. The summed E-state index contributed by atoms with van der Waals surface area (Å²) in [5.74, 6) is -0.781. The van der Waals surface area contributed by atoms with Gasteiger partial charge in [-0.25, -0.2) is 4.99 Å². The van der Waals surface area contributed by atoms with Crippen LogP contribution in [0.15, 0.2) is 82.9 Å². The van der Waals surface area contributed by atoms with Gasteiger partial charge in [-0.2, -0.15) is 0 Å². The van der Waals surface area contributed by atoms with E-state index in [2.05, 4.69) is 9.98 Å². The zero-order chi connectivity index (χ0) is 23.4. The third kappa shape index (κ3) is 3.58. The summed E-state index contributed by atoms with van der Waals surface area (Å²) in [6, 6.07) is 12.3. The van der Waals surface area contributed by atoms with E-state index in [1.54, 1.807) is 48.8 Å². The number of benzene rings is 2. The lowest BCUT2D eigenvalue weighted by molar-refractivity contribution is -0.129. The summed E-state index contributed by atoms with van der Waals surface area (Å²) in [6.07, 6.45) is 3.20. The summed E-state index contributed by atoms with van der Waals surface area (Å²) < 4.78 is 65.9. The molecular weight excluding hydrogens is 451 g/mol. The number of pyridine rings is 1. The second-order valence-corrected chi connectivity index (χ2v) is 9.77. The first kappa shape index (κ1) is 21.8. The maximum Gasteiger partial charge on any atom is 0.310 e. The molecule has 1 aliphatic rings. The Kier molecular flexibility index (Phi) is 4.27. The van der Waals surface area contributed by atoms with Crippen LogP contribution in [0.1, 0.15) is 11.1 Å². The zero-order valence-corrected chi connectivity index (χ0v) is 17.4. The molecule has 1 unspecified atom stereocenters. The second kappa shape index (κ2) is 6.28. The van der Waals surface area contributed by atoms with Gasteiger partial charge >= 0.3 is 10.2 Å². The van der Waals surface area contributed by atoms with Crippen molar-refractivity contribution in [3.63, 3.8) is 0 Å². The summed E-state index contributed by atoms with van der Waals surface area (Å²) in [5.41, 5.74) is 5.73. The van der Waals surface area contributed by atoms with Gasteiger partial charge in [0.1, 0.15) is 4.90 Å². The maximum atomic E-state index is 13.3. The number of halogens is 5. The van der Waals surface area contributed by atoms with Gasteiger partial charge in [0.15, 0.2) is 11.5 Å². The Morgan fingerprint density at radius 1 is 0.906 bits per heavy atom. The Hall–Kier alpha value is -3.47. The molecule has 1 amide bonds. The number of aromatic nitrogens is 1. The number of hydrogen-bond donors (Lipinski definition) is 1. The number of aliphatic imine (C=N–C) groups is 1. The van der Waals surface area contributed by atoms with Crippen molar-refractivity contribution in [3.8, 4) is 11.1 Å². The molecule has 0 bridgehead atoms. The first-order chi connectivity index (χ1) is 14.7. The van der Waals surface area contributed by atoms with E-state index in [9.17, 15) is 24.2 Å².